The Bertz CT molecular complexity index is 1990. The molecule has 3 N–H and O–H groups in total. The van der Waals surface area contributed by atoms with Gasteiger partial charge in [0.05, 0.1) is 12.5 Å². The van der Waals surface area contributed by atoms with Crippen molar-refractivity contribution in [2.75, 3.05) is 18.5 Å². The number of rotatable bonds is 11. The molecule has 1 atom stereocenters. The largest absolute Gasteiger partial charge is 1.00 e. The van der Waals surface area contributed by atoms with Crippen LogP contribution in [0.25, 0.3) is 27.9 Å². The van der Waals surface area contributed by atoms with Crippen molar-refractivity contribution < 1.29 is 57.6 Å². The van der Waals surface area contributed by atoms with E-state index in [2.05, 4.69) is 27.7 Å². The van der Waals surface area contributed by atoms with Crippen LogP contribution in [0.4, 0.5) is 5.69 Å². The van der Waals surface area contributed by atoms with E-state index in [4.69, 9.17) is 10.2 Å². The number of furan rings is 1. The fraction of sp³-hybridized carbons (Fsp3) is 0.211. The molecule has 0 spiro atoms. The number of para-hydroxylation sites is 1. The van der Waals surface area contributed by atoms with Crippen LogP contribution in [0.5, 0.6) is 0 Å². The first-order valence-corrected chi connectivity index (χ1v) is 17.1. The first-order chi connectivity index (χ1) is 22.8. The maximum absolute atomic E-state index is 13.9. The Morgan fingerprint density at radius 2 is 1.60 bits per heavy atom. The monoisotopic (exact) mass is 672 g/mol. The number of allylic oxidation sites excluding steroid dienone is 2. The average Bonchev–Trinajstić information content (AvgIpc) is 3.55. The average molecular weight is 673 g/mol. The van der Waals surface area contributed by atoms with E-state index in [-0.39, 0.29) is 55.6 Å². The summed E-state index contributed by atoms with van der Waals surface area (Å²) in [6.07, 6.45) is 7.13. The molecule has 1 heterocycles. The second-order valence-electron chi connectivity index (χ2n) is 11.6. The van der Waals surface area contributed by atoms with Gasteiger partial charge in [-0.2, -0.15) is 8.42 Å². The summed E-state index contributed by atoms with van der Waals surface area (Å²) in [4.78, 5) is 26.4. The van der Waals surface area contributed by atoms with Crippen molar-refractivity contribution in [3.05, 3.63) is 131 Å². The van der Waals surface area contributed by atoms with Crippen molar-refractivity contribution >= 4 is 43.4 Å². The molecule has 1 unspecified atom stereocenters. The smallest absolute Gasteiger partial charge is 1.00 e. The van der Waals surface area contributed by atoms with Crippen LogP contribution < -0.4 is 40.6 Å². The van der Waals surface area contributed by atoms with Gasteiger partial charge in [-0.05, 0) is 103 Å². The number of anilines is 1. The molecule has 0 aliphatic heterocycles. The molecule has 1 aliphatic carbocycles. The Balaban J connectivity index is 0.00000270. The summed E-state index contributed by atoms with van der Waals surface area (Å²) in [7, 11) is -4.44. The molecule has 6 rings (SSSR count). The van der Waals surface area contributed by atoms with E-state index in [0.717, 1.165) is 51.8 Å². The quantitative estimate of drug-likeness (QED) is 0.155. The number of nitrogens with one attached hydrogen (secondary N) is 1. The second kappa shape index (κ2) is 16.0. The number of hydrogen-bond acceptors (Lipinski definition) is 7. The Morgan fingerprint density at radius 1 is 0.896 bits per heavy atom. The van der Waals surface area contributed by atoms with Gasteiger partial charge < -0.3 is 16.9 Å². The molecule has 48 heavy (non-hydrogen) atoms. The summed E-state index contributed by atoms with van der Waals surface area (Å²) in [6, 6.07) is 31.7. The molecule has 4 aromatic carbocycles. The molecule has 1 aromatic heterocycles. The van der Waals surface area contributed by atoms with Gasteiger partial charge in [0.2, 0.25) is 5.91 Å². The van der Waals surface area contributed by atoms with Crippen LogP contribution in [-0.4, -0.2) is 32.6 Å². The third-order valence-corrected chi connectivity index (χ3v) is 9.53. The zero-order chi connectivity index (χ0) is 32.8. The van der Waals surface area contributed by atoms with Crippen molar-refractivity contribution in [3.63, 3.8) is 0 Å². The molecule has 0 bridgehead atoms. The van der Waals surface area contributed by atoms with E-state index in [1.54, 1.807) is 12.1 Å². The third kappa shape index (κ3) is 8.41. The van der Waals surface area contributed by atoms with Crippen LogP contribution >= 0.6 is 0 Å². The molecule has 10 heteroatoms. The number of hydrogen-bond donors (Lipinski definition) is 2. The van der Waals surface area contributed by atoms with Gasteiger partial charge in [-0.1, -0.05) is 60.7 Å². The molecule has 0 saturated carbocycles. The Kier molecular flexibility index (Phi) is 11.9. The molecule has 0 radical (unpaired) electrons. The number of carbonyl (C=O) groups is 2. The summed E-state index contributed by atoms with van der Waals surface area (Å²) in [5, 5.41) is 2.96. The van der Waals surface area contributed by atoms with Gasteiger partial charge in [0.1, 0.15) is 11.3 Å². The molecular formula is C38H37N2NaO6S. The van der Waals surface area contributed by atoms with Gasteiger partial charge in [0.15, 0.2) is 0 Å². The van der Waals surface area contributed by atoms with E-state index in [1.807, 2.05) is 66.7 Å². The Labute approximate surface area is 304 Å². The standard InChI is InChI=1S/C38H36N2O6S.Na.H/c39-22-23-45-47(43,44)38(42)31-12-10-26(11-13-31)24-34(29-16-14-28(15-17-29)27-6-2-1-3-7-27)37(41)40-33-20-18-30(19-21-33)36-25-32-8-4-5-9-35(32)46-36;;/h4-6,8-21,25,34H,1-3,7,22-24,39H2,(H,40,41);;/q;+1;-1. The molecular weight excluding hydrogens is 635 g/mol. The van der Waals surface area contributed by atoms with Gasteiger partial charge in [-0.15, -0.1) is 0 Å². The summed E-state index contributed by atoms with van der Waals surface area (Å²) < 4.78 is 35.1. The van der Waals surface area contributed by atoms with Crippen LogP contribution in [0, 0.1) is 0 Å². The van der Waals surface area contributed by atoms with E-state index >= 15 is 0 Å². The van der Waals surface area contributed by atoms with Crippen molar-refractivity contribution in [3.8, 4) is 11.3 Å². The molecule has 1 amide bonds. The number of nitrogens with two attached hydrogens (primary N) is 1. The van der Waals surface area contributed by atoms with E-state index < -0.39 is 21.2 Å². The first-order valence-electron chi connectivity index (χ1n) is 15.7. The van der Waals surface area contributed by atoms with Crippen LogP contribution in [0.1, 0.15) is 60.1 Å². The van der Waals surface area contributed by atoms with Crippen molar-refractivity contribution in [2.45, 2.75) is 38.0 Å². The summed E-state index contributed by atoms with van der Waals surface area (Å²) >= 11 is 0. The fourth-order valence-electron chi connectivity index (χ4n) is 5.83. The zero-order valence-electron chi connectivity index (χ0n) is 27.9. The summed E-state index contributed by atoms with van der Waals surface area (Å²) in [6.45, 7) is -0.305. The van der Waals surface area contributed by atoms with Crippen LogP contribution in [0.15, 0.2) is 114 Å². The Hall–Kier alpha value is -3.83. The van der Waals surface area contributed by atoms with Crippen molar-refractivity contribution in [1.29, 1.82) is 0 Å². The maximum atomic E-state index is 13.9. The van der Waals surface area contributed by atoms with Crippen molar-refractivity contribution in [1.82, 2.24) is 0 Å². The predicted octanol–water partition coefficient (Wildman–Crippen LogP) is 4.58. The van der Waals surface area contributed by atoms with Gasteiger partial charge in [-0.25, -0.2) is 0 Å². The number of fused-ring (bicyclic) bond motifs is 1. The van der Waals surface area contributed by atoms with E-state index in [1.165, 1.54) is 30.5 Å². The van der Waals surface area contributed by atoms with Gasteiger partial charge in [-0.3, -0.25) is 13.8 Å². The fourth-order valence-corrected chi connectivity index (χ4v) is 6.68. The summed E-state index contributed by atoms with van der Waals surface area (Å²) in [5.41, 5.74) is 11.7. The first kappa shape index (κ1) is 35.5. The third-order valence-electron chi connectivity index (χ3n) is 8.37. The Morgan fingerprint density at radius 3 is 2.27 bits per heavy atom. The molecule has 0 fully saturated rings. The topological polar surface area (TPSA) is 129 Å². The molecule has 8 nitrogen and oxygen atoms in total. The molecule has 242 valence electrons. The van der Waals surface area contributed by atoms with Crippen LogP contribution in [0.3, 0.4) is 0 Å². The summed E-state index contributed by atoms with van der Waals surface area (Å²) in [5.74, 6) is -0.00237. The van der Waals surface area contributed by atoms with E-state index in [9.17, 15) is 18.0 Å². The van der Waals surface area contributed by atoms with Gasteiger partial charge >= 0.3 is 44.8 Å². The van der Waals surface area contributed by atoms with Crippen LogP contribution in [-0.2, 0) is 25.5 Å². The number of carbonyl (C=O) groups excluding carboxylic acids is 2. The van der Waals surface area contributed by atoms with Crippen molar-refractivity contribution in [2.24, 2.45) is 5.73 Å². The molecule has 1 aliphatic rings. The van der Waals surface area contributed by atoms with Gasteiger partial charge in [0, 0.05) is 28.7 Å². The van der Waals surface area contributed by atoms with E-state index in [0.29, 0.717) is 12.1 Å². The minimum Gasteiger partial charge on any atom is -1.00 e. The molecule has 5 aromatic rings. The molecule has 0 saturated heterocycles. The second-order valence-corrected chi connectivity index (χ2v) is 13.1. The normalized spacial score (nSPS) is 13.7. The SMILES string of the molecule is NCCOS(=O)(=O)C(=O)c1ccc(CC(C(=O)Nc2ccc(-c3cc4ccccc4o3)cc2)c2ccc(C3=CCCCC3)cc2)cc1.[H-].[Na+]. The van der Waals surface area contributed by atoms with Gasteiger partial charge in [0.25, 0.3) is 0 Å². The minimum absolute atomic E-state index is 0. The maximum Gasteiger partial charge on any atom is 1.00 e. The zero-order valence-corrected chi connectivity index (χ0v) is 29.7. The predicted molar refractivity (Wildman–Crippen MR) is 185 cm³/mol. The van der Waals surface area contributed by atoms with Crippen LogP contribution in [0.2, 0.25) is 0 Å². The number of benzene rings is 4. The minimum atomic E-state index is -4.44. The number of amides is 1.